The van der Waals surface area contributed by atoms with Crippen LogP contribution < -0.4 is 5.32 Å². The molecule has 2 N–H and O–H groups in total. The Balaban J connectivity index is 2.59. The van der Waals surface area contributed by atoms with Crippen LogP contribution in [0.3, 0.4) is 0 Å². The molecule has 0 bridgehead atoms. The van der Waals surface area contributed by atoms with E-state index in [0.29, 0.717) is 18.0 Å². The molecule has 1 amide bonds. The maximum Gasteiger partial charge on any atom is 0.335 e. The minimum atomic E-state index is -1.00. The second kappa shape index (κ2) is 6.81. The first-order valence-corrected chi connectivity index (χ1v) is 5.82. The molecule has 4 nitrogen and oxygen atoms in total. The second-order valence-corrected chi connectivity index (χ2v) is 4.12. The van der Waals surface area contributed by atoms with E-state index in [9.17, 15) is 9.59 Å². The zero-order valence-corrected chi connectivity index (χ0v) is 10.7. The third-order valence-electron chi connectivity index (χ3n) is 2.23. The average molecular weight is 268 g/mol. The summed E-state index contributed by atoms with van der Waals surface area (Å²) in [6.07, 6.45) is 4.37. The molecule has 0 aliphatic carbocycles. The lowest BCUT2D eigenvalue weighted by molar-refractivity contribution is -0.118. The molecule has 0 aliphatic heterocycles. The third-order valence-corrected chi connectivity index (χ3v) is 2.56. The molecular weight excluding hydrogens is 254 g/mol. The number of nitrogens with one attached hydrogen (secondary N) is 1. The number of halogens is 1. The summed E-state index contributed by atoms with van der Waals surface area (Å²) >= 11 is 5.95. The topological polar surface area (TPSA) is 66.4 Å². The Bertz CT molecular complexity index is 483. The largest absolute Gasteiger partial charge is 0.478 e. The van der Waals surface area contributed by atoms with Gasteiger partial charge in [0, 0.05) is 18.5 Å². The van der Waals surface area contributed by atoms with E-state index in [-0.39, 0.29) is 11.5 Å². The lowest BCUT2D eigenvalue weighted by atomic mass is 10.1. The summed E-state index contributed by atoms with van der Waals surface area (Å²) in [5, 5.41) is 11.8. The quantitative estimate of drug-likeness (QED) is 0.806. The Labute approximate surface area is 110 Å². The van der Waals surface area contributed by atoms with Gasteiger partial charge in [0.2, 0.25) is 5.91 Å². The fourth-order valence-corrected chi connectivity index (χ4v) is 1.58. The van der Waals surface area contributed by atoms with Gasteiger partial charge < -0.3 is 10.4 Å². The van der Waals surface area contributed by atoms with Crippen LogP contribution in [0.25, 0.3) is 6.08 Å². The highest BCUT2D eigenvalue weighted by Gasteiger charge is 2.04. The van der Waals surface area contributed by atoms with Crippen LogP contribution in [0.5, 0.6) is 0 Å². The molecule has 1 rings (SSSR count). The lowest BCUT2D eigenvalue weighted by Crippen LogP contribution is -2.20. The average Bonchev–Trinajstić information content (AvgIpc) is 2.29. The molecular formula is C13H14ClNO3. The molecule has 0 aromatic heterocycles. The van der Waals surface area contributed by atoms with Crippen molar-refractivity contribution in [2.24, 2.45) is 0 Å². The van der Waals surface area contributed by atoms with Gasteiger partial charge >= 0.3 is 5.97 Å². The molecule has 96 valence electrons. The van der Waals surface area contributed by atoms with Gasteiger partial charge in [0.1, 0.15) is 0 Å². The van der Waals surface area contributed by atoms with Crippen molar-refractivity contribution >= 4 is 29.6 Å². The van der Waals surface area contributed by atoms with Crippen molar-refractivity contribution in [2.75, 3.05) is 6.54 Å². The zero-order valence-electron chi connectivity index (χ0n) is 9.94. The van der Waals surface area contributed by atoms with Crippen LogP contribution in [0.15, 0.2) is 24.3 Å². The molecule has 0 fully saturated rings. The highest BCUT2D eigenvalue weighted by Crippen LogP contribution is 2.19. The molecule has 0 spiro atoms. The van der Waals surface area contributed by atoms with Crippen molar-refractivity contribution in [3.05, 3.63) is 40.4 Å². The monoisotopic (exact) mass is 267 g/mol. The van der Waals surface area contributed by atoms with E-state index < -0.39 is 5.97 Å². The Morgan fingerprint density at radius 3 is 2.72 bits per heavy atom. The van der Waals surface area contributed by atoms with Crippen molar-refractivity contribution in [3.8, 4) is 0 Å². The molecule has 1 aromatic rings. The number of hydrogen-bond acceptors (Lipinski definition) is 2. The lowest BCUT2D eigenvalue weighted by Gasteiger charge is -2.01. The standard InChI is InChI=1S/C13H14ClNO3/c1-9(16)15-7-3-2-4-10-5-6-11(13(17)18)8-12(10)14/h2,4-6,8H,3,7H2,1H3,(H,15,16)(H,17,18). The number of carbonyl (C=O) groups is 2. The van der Waals surface area contributed by atoms with Crippen LogP contribution in [-0.2, 0) is 4.79 Å². The number of benzene rings is 1. The predicted molar refractivity (Wildman–Crippen MR) is 70.7 cm³/mol. The van der Waals surface area contributed by atoms with E-state index in [4.69, 9.17) is 16.7 Å². The van der Waals surface area contributed by atoms with E-state index in [1.807, 2.05) is 6.08 Å². The molecule has 0 unspecified atom stereocenters. The predicted octanol–water partition coefficient (Wildman–Crippen LogP) is 2.58. The van der Waals surface area contributed by atoms with E-state index in [0.717, 1.165) is 5.56 Å². The number of carboxylic acids is 1. The van der Waals surface area contributed by atoms with E-state index in [1.54, 1.807) is 12.1 Å². The summed E-state index contributed by atoms with van der Waals surface area (Å²) in [5.41, 5.74) is 0.917. The summed E-state index contributed by atoms with van der Waals surface area (Å²) in [7, 11) is 0. The number of hydrogen-bond donors (Lipinski definition) is 2. The highest BCUT2D eigenvalue weighted by atomic mass is 35.5. The van der Waals surface area contributed by atoms with Gasteiger partial charge in [0.25, 0.3) is 0 Å². The Morgan fingerprint density at radius 2 is 2.17 bits per heavy atom. The summed E-state index contributed by atoms with van der Waals surface area (Å²) in [5.74, 6) is -1.06. The molecule has 0 saturated heterocycles. The third kappa shape index (κ3) is 4.59. The Morgan fingerprint density at radius 1 is 1.44 bits per heavy atom. The normalized spacial score (nSPS) is 10.6. The number of rotatable bonds is 5. The van der Waals surface area contributed by atoms with Crippen molar-refractivity contribution in [1.29, 1.82) is 0 Å². The second-order valence-electron chi connectivity index (χ2n) is 3.72. The molecule has 18 heavy (non-hydrogen) atoms. The Hall–Kier alpha value is -1.81. The first-order valence-electron chi connectivity index (χ1n) is 5.44. The Kier molecular flexibility index (Phi) is 5.39. The molecule has 0 aliphatic rings. The smallest absolute Gasteiger partial charge is 0.335 e. The summed E-state index contributed by atoms with van der Waals surface area (Å²) < 4.78 is 0. The minimum absolute atomic E-state index is 0.0627. The highest BCUT2D eigenvalue weighted by molar-refractivity contribution is 6.32. The summed E-state index contributed by atoms with van der Waals surface area (Å²) in [4.78, 5) is 21.3. The van der Waals surface area contributed by atoms with Gasteiger partial charge in [-0.25, -0.2) is 4.79 Å². The van der Waals surface area contributed by atoms with Crippen LogP contribution in [0.1, 0.15) is 29.3 Å². The molecule has 5 heteroatoms. The van der Waals surface area contributed by atoms with Crippen LogP contribution in [0.4, 0.5) is 0 Å². The maximum atomic E-state index is 10.7. The molecule has 0 heterocycles. The fourth-order valence-electron chi connectivity index (χ4n) is 1.34. The minimum Gasteiger partial charge on any atom is -0.478 e. The van der Waals surface area contributed by atoms with Gasteiger partial charge in [0.15, 0.2) is 0 Å². The van der Waals surface area contributed by atoms with E-state index >= 15 is 0 Å². The van der Waals surface area contributed by atoms with Gasteiger partial charge in [-0.05, 0) is 24.1 Å². The van der Waals surface area contributed by atoms with Crippen molar-refractivity contribution < 1.29 is 14.7 Å². The van der Waals surface area contributed by atoms with E-state index in [1.165, 1.54) is 19.1 Å². The first kappa shape index (κ1) is 14.3. The zero-order chi connectivity index (χ0) is 13.5. The van der Waals surface area contributed by atoms with Crippen LogP contribution in [0, 0.1) is 0 Å². The van der Waals surface area contributed by atoms with Gasteiger partial charge in [0.05, 0.1) is 5.56 Å². The van der Waals surface area contributed by atoms with Gasteiger partial charge in [-0.15, -0.1) is 0 Å². The molecule has 0 radical (unpaired) electrons. The van der Waals surface area contributed by atoms with Crippen molar-refractivity contribution in [2.45, 2.75) is 13.3 Å². The van der Waals surface area contributed by atoms with Crippen LogP contribution in [0.2, 0.25) is 5.02 Å². The van der Waals surface area contributed by atoms with Crippen LogP contribution >= 0.6 is 11.6 Å². The van der Waals surface area contributed by atoms with Crippen molar-refractivity contribution in [1.82, 2.24) is 5.32 Å². The summed E-state index contributed by atoms with van der Waals surface area (Å²) in [6, 6.07) is 4.57. The first-order chi connectivity index (χ1) is 8.50. The number of aromatic carboxylic acids is 1. The van der Waals surface area contributed by atoms with Gasteiger partial charge in [-0.1, -0.05) is 29.8 Å². The molecule has 0 atom stereocenters. The van der Waals surface area contributed by atoms with Gasteiger partial charge in [-0.3, -0.25) is 4.79 Å². The summed E-state index contributed by atoms with van der Waals surface area (Å²) in [6.45, 7) is 2.03. The number of carbonyl (C=O) groups excluding carboxylic acids is 1. The SMILES string of the molecule is CC(=O)NCCC=Cc1ccc(C(=O)O)cc1Cl. The molecule has 0 saturated carbocycles. The molecule has 1 aromatic carbocycles. The fraction of sp³-hybridized carbons (Fsp3) is 0.231. The van der Waals surface area contributed by atoms with Crippen LogP contribution in [-0.4, -0.2) is 23.5 Å². The number of carboxylic acid groups (broad SMARTS) is 1. The van der Waals surface area contributed by atoms with E-state index in [2.05, 4.69) is 5.32 Å². The van der Waals surface area contributed by atoms with Gasteiger partial charge in [-0.2, -0.15) is 0 Å². The number of amides is 1. The van der Waals surface area contributed by atoms with Crippen molar-refractivity contribution in [3.63, 3.8) is 0 Å². The maximum absolute atomic E-state index is 10.7.